The summed E-state index contributed by atoms with van der Waals surface area (Å²) in [7, 11) is 0. The first-order chi connectivity index (χ1) is 10.1. The van der Waals surface area contributed by atoms with Gasteiger partial charge < -0.3 is 5.32 Å². The number of aryl methyl sites for hydroxylation is 2. The third-order valence-electron chi connectivity index (χ3n) is 3.59. The van der Waals surface area contributed by atoms with Gasteiger partial charge in [-0.2, -0.15) is 5.10 Å². The maximum absolute atomic E-state index is 10.8. The summed E-state index contributed by atoms with van der Waals surface area (Å²) in [5.74, 6) is 0. The number of aromatic nitrogens is 2. The first kappa shape index (κ1) is 15.2. The molecular formula is C15H20N4O2. The van der Waals surface area contributed by atoms with Crippen molar-refractivity contribution in [2.45, 2.75) is 32.7 Å². The zero-order valence-electron chi connectivity index (χ0n) is 12.3. The number of rotatable bonds is 7. The number of nitro benzene ring substituents is 1. The molecule has 2 N–H and O–H groups in total. The van der Waals surface area contributed by atoms with Gasteiger partial charge in [-0.1, -0.05) is 12.1 Å². The van der Waals surface area contributed by atoms with Crippen LogP contribution < -0.4 is 5.32 Å². The lowest BCUT2D eigenvalue weighted by molar-refractivity contribution is -0.384. The van der Waals surface area contributed by atoms with Crippen molar-refractivity contribution >= 4 is 5.69 Å². The SMILES string of the molecule is Cc1[nH]ncc1CCCNC(C)c1cccc([N+](=O)[O-])c1. The highest BCUT2D eigenvalue weighted by Crippen LogP contribution is 2.18. The quantitative estimate of drug-likeness (QED) is 0.466. The number of benzene rings is 1. The Morgan fingerprint density at radius 1 is 1.48 bits per heavy atom. The van der Waals surface area contributed by atoms with Crippen LogP contribution in [0.3, 0.4) is 0 Å². The summed E-state index contributed by atoms with van der Waals surface area (Å²) in [6, 6.07) is 6.86. The van der Waals surface area contributed by atoms with Crippen molar-refractivity contribution in [2.24, 2.45) is 0 Å². The van der Waals surface area contributed by atoms with Gasteiger partial charge in [-0.15, -0.1) is 0 Å². The van der Waals surface area contributed by atoms with Gasteiger partial charge in [0.25, 0.3) is 5.69 Å². The van der Waals surface area contributed by atoms with Crippen LogP contribution in [0.1, 0.15) is 36.2 Å². The van der Waals surface area contributed by atoms with Crippen LogP contribution in [0.2, 0.25) is 0 Å². The first-order valence-electron chi connectivity index (χ1n) is 7.04. The van der Waals surface area contributed by atoms with Gasteiger partial charge in [0.2, 0.25) is 0 Å². The van der Waals surface area contributed by atoms with Crippen molar-refractivity contribution in [2.75, 3.05) is 6.54 Å². The molecule has 1 heterocycles. The molecule has 0 aliphatic heterocycles. The highest BCUT2D eigenvalue weighted by Gasteiger charge is 2.10. The van der Waals surface area contributed by atoms with Gasteiger partial charge in [-0.05, 0) is 44.4 Å². The molecule has 2 aromatic rings. The van der Waals surface area contributed by atoms with E-state index >= 15 is 0 Å². The minimum atomic E-state index is -0.363. The van der Waals surface area contributed by atoms with E-state index in [1.165, 1.54) is 11.6 Å². The summed E-state index contributed by atoms with van der Waals surface area (Å²) in [4.78, 5) is 10.4. The molecule has 0 aliphatic carbocycles. The van der Waals surface area contributed by atoms with E-state index in [2.05, 4.69) is 15.5 Å². The molecule has 0 bridgehead atoms. The van der Waals surface area contributed by atoms with Gasteiger partial charge in [0, 0.05) is 23.9 Å². The second kappa shape index (κ2) is 6.99. The molecule has 1 atom stereocenters. The van der Waals surface area contributed by atoms with Gasteiger partial charge in [0.05, 0.1) is 11.1 Å². The zero-order valence-corrected chi connectivity index (χ0v) is 12.3. The van der Waals surface area contributed by atoms with E-state index in [0.717, 1.165) is 30.6 Å². The van der Waals surface area contributed by atoms with E-state index in [4.69, 9.17) is 0 Å². The number of H-pyrrole nitrogens is 1. The Bertz CT molecular complexity index is 609. The van der Waals surface area contributed by atoms with Crippen LogP contribution in [0.15, 0.2) is 30.5 Å². The summed E-state index contributed by atoms with van der Waals surface area (Å²) in [6.45, 7) is 4.89. The van der Waals surface area contributed by atoms with Crippen LogP contribution in [-0.2, 0) is 6.42 Å². The number of hydrogen-bond donors (Lipinski definition) is 2. The Labute approximate surface area is 123 Å². The Hall–Kier alpha value is -2.21. The standard InChI is InChI=1S/C15H20N4O2/c1-11(13-5-3-7-15(9-13)19(20)21)16-8-4-6-14-10-17-18-12(14)2/h3,5,7,9-11,16H,4,6,8H2,1-2H3,(H,17,18). The number of non-ortho nitro benzene ring substituents is 1. The smallest absolute Gasteiger partial charge is 0.269 e. The van der Waals surface area contributed by atoms with E-state index in [-0.39, 0.29) is 16.7 Å². The van der Waals surface area contributed by atoms with E-state index in [1.807, 2.05) is 26.1 Å². The van der Waals surface area contributed by atoms with E-state index < -0.39 is 0 Å². The lowest BCUT2D eigenvalue weighted by Gasteiger charge is -2.14. The number of nitrogens with zero attached hydrogens (tertiary/aromatic N) is 2. The summed E-state index contributed by atoms with van der Waals surface area (Å²) in [5.41, 5.74) is 3.42. The van der Waals surface area contributed by atoms with Crippen molar-refractivity contribution in [1.82, 2.24) is 15.5 Å². The van der Waals surface area contributed by atoms with Crippen LogP contribution in [0.5, 0.6) is 0 Å². The lowest BCUT2D eigenvalue weighted by Crippen LogP contribution is -2.20. The van der Waals surface area contributed by atoms with E-state index in [9.17, 15) is 10.1 Å². The van der Waals surface area contributed by atoms with Crippen molar-refractivity contribution < 1.29 is 4.92 Å². The fourth-order valence-electron chi connectivity index (χ4n) is 2.25. The molecule has 0 fully saturated rings. The van der Waals surface area contributed by atoms with E-state index in [1.54, 1.807) is 12.1 Å². The molecular weight excluding hydrogens is 268 g/mol. The average molecular weight is 288 g/mol. The minimum absolute atomic E-state index is 0.0929. The van der Waals surface area contributed by atoms with Crippen LogP contribution in [0.25, 0.3) is 0 Å². The summed E-state index contributed by atoms with van der Waals surface area (Å²) >= 11 is 0. The Balaban J connectivity index is 1.82. The van der Waals surface area contributed by atoms with E-state index in [0.29, 0.717) is 0 Å². The molecule has 0 spiro atoms. The molecule has 0 radical (unpaired) electrons. The fraction of sp³-hybridized carbons (Fsp3) is 0.400. The third kappa shape index (κ3) is 4.13. The Morgan fingerprint density at radius 3 is 2.95 bits per heavy atom. The molecule has 6 nitrogen and oxygen atoms in total. The summed E-state index contributed by atoms with van der Waals surface area (Å²) < 4.78 is 0. The van der Waals surface area contributed by atoms with Crippen LogP contribution in [-0.4, -0.2) is 21.7 Å². The fourth-order valence-corrected chi connectivity index (χ4v) is 2.25. The normalized spacial score (nSPS) is 12.3. The molecule has 1 aromatic heterocycles. The van der Waals surface area contributed by atoms with Crippen molar-refractivity contribution in [3.8, 4) is 0 Å². The maximum Gasteiger partial charge on any atom is 0.269 e. The molecule has 2 rings (SSSR count). The average Bonchev–Trinajstić information content (AvgIpc) is 2.89. The largest absolute Gasteiger partial charge is 0.310 e. The number of hydrogen-bond acceptors (Lipinski definition) is 4. The molecule has 6 heteroatoms. The maximum atomic E-state index is 10.8. The minimum Gasteiger partial charge on any atom is -0.310 e. The third-order valence-corrected chi connectivity index (χ3v) is 3.59. The first-order valence-corrected chi connectivity index (χ1v) is 7.04. The highest BCUT2D eigenvalue weighted by atomic mass is 16.6. The van der Waals surface area contributed by atoms with Crippen LogP contribution >= 0.6 is 0 Å². The summed E-state index contributed by atoms with van der Waals surface area (Å²) in [6.07, 6.45) is 3.83. The van der Waals surface area contributed by atoms with Crippen molar-refractivity contribution in [3.63, 3.8) is 0 Å². The predicted molar refractivity (Wildman–Crippen MR) is 81.2 cm³/mol. The molecule has 1 aromatic carbocycles. The van der Waals surface area contributed by atoms with Gasteiger partial charge in [-0.25, -0.2) is 0 Å². The Morgan fingerprint density at radius 2 is 2.29 bits per heavy atom. The van der Waals surface area contributed by atoms with Crippen LogP contribution in [0, 0.1) is 17.0 Å². The molecule has 0 saturated heterocycles. The van der Waals surface area contributed by atoms with Crippen LogP contribution in [0.4, 0.5) is 5.69 Å². The molecule has 0 amide bonds. The number of aromatic amines is 1. The second-order valence-corrected chi connectivity index (χ2v) is 5.15. The molecule has 0 saturated carbocycles. The zero-order chi connectivity index (χ0) is 15.2. The van der Waals surface area contributed by atoms with Gasteiger partial charge >= 0.3 is 0 Å². The summed E-state index contributed by atoms with van der Waals surface area (Å²) in [5, 5.41) is 21.1. The van der Waals surface area contributed by atoms with Gasteiger partial charge in [0.1, 0.15) is 0 Å². The molecule has 21 heavy (non-hydrogen) atoms. The van der Waals surface area contributed by atoms with Crippen molar-refractivity contribution in [3.05, 3.63) is 57.4 Å². The highest BCUT2D eigenvalue weighted by molar-refractivity contribution is 5.35. The Kier molecular flexibility index (Phi) is 5.05. The van der Waals surface area contributed by atoms with Gasteiger partial charge in [-0.3, -0.25) is 15.2 Å². The van der Waals surface area contributed by atoms with Crippen molar-refractivity contribution in [1.29, 1.82) is 0 Å². The number of nitrogens with one attached hydrogen (secondary N) is 2. The lowest BCUT2D eigenvalue weighted by atomic mass is 10.1. The molecule has 112 valence electrons. The topological polar surface area (TPSA) is 83.8 Å². The molecule has 0 aliphatic rings. The van der Waals surface area contributed by atoms with Gasteiger partial charge in [0.15, 0.2) is 0 Å². The predicted octanol–water partition coefficient (Wildman–Crippen LogP) is 2.91. The monoisotopic (exact) mass is 288 g/mol. The molecule has 1 unspecified atom stereocenters. The second-order valence-electron chi connectivity index (χ2n) is 5.15. The number of nitro groups is 1.